The van der Waals surface area contributed by atoms with E-state index < -0.39 is 0 Å². The summed E-state index contributed by atoms with van der Waals surface area (Å²) in [4.78, 5) is 19.2. The van der Waals surface area contributed by atoms with Crippen LogP contribution >= 0.6 is 0 Å². The molecule has 0 saturated carbocycles. The maximum atomic E-state index is 12.9. The average molecular weight is 339 g/mol. The fourth-order valence-corrected chi connectivity index (χ4v) is 3.97. The predicted molar refractivity (Wildman–Crippen MR) is 93.9 cm³/mol. The van der Waals surface area contributed by atoms with Gasteiger partial charge in [-0.2, -0.15) is 0 Å². The van der Waals surface area contributed by atoms with Crippen molar-refractivity contribution in [1.82, 2.24) is 24.6 Å². The molecule has 6 nitrogen and oxygen atoms in total. The first kappa shape index (κ1) is 16.2. The molecule has 0 aliphatic carbocycles. The zero-order valence-electron chi connectivity index (χ0n) is 14.8. The molecule has 0 bridgehead atoms. The van der Waals surface area contributed by atoms with E-state index in [4.69, 9.17) is 0 Å². The smallest absolute Gasteiger partial charge is 0.227 e. The molecular weight excluding hydrogens is 314 g/mol. The number of likely N-dealkylation sites (tertiary alicyclic amines) is 1. The lowest BCUT2D eigenvalue weighted by Crippen LogP contribution is -2.33. The summed E-state index contributed by atoms with van der Waals surface area (Å²) in [5, 5.41) is 8.89. The van der Waals surface area contributed by atoms with Crippen LogP contribution in [0.4, 0.5) is 0 Å². The lowest BCUT2D eigenvalue weighted by Gasteiger charge is -2.24. The van der Waals surface area contributed by atoms with Crippen LogP contribution < -0.4 is 0 Å². The summed E-state index contributed by atoms with van der Waals surface area (Å²) in [5.41, 5.74) is 1.95. The van der Waals surface area contributed by atoms with E-state index >= 15 is 0 Å². The Bertz CT molecular complexity index is 752. The molecule has 0 spiro atoms. The Kier molecular flexibility index (Phi) is 4.51. The number of hydrogen-bond donors (Lipinski definition) is 0. The molecule has 1 fully saturated rings. The Morgan fingerprint density at radius 1 is 1.16 bits per heavy atom. The van der Waals surface area contributed by atoms with E-state index in [1.165, 1.54) is 19.3 Å². The van der Waals surface area contributed by atoms with Crippen LogP contribution in [0, 0.1) is 6.92 Å². The molecule has 2 aliphatic rings. The highest BCUT2D eigenvalue weighted by molar-refractivity contribution is 5.79. The number of carbonyl (C=O) groups excluding carboxylic acids is 1. The zero-order chi connectivity index (χ0) is 17.2. The Morgan fingerprint density at radius 2 is 2.08 bits per heavy atom. The molecule has 1 unspecified atom stereocenters. The van der Waals surface area contributed by atoms with Gasteiger partial charge in [-0.3, -0.25) is 9.78 Å². The fraction of sp³-hybridized carbons (Fsp3) is 0.579. The van der Waals surface area contributed by atoms with Crippen molar-refractivity contribution in [2.24, 2.45) is 0 Å². The van der Waals surface area contributed by atoms with Crippen molar-refractivity contribution in [3.8, 4) is 0 Å². The van der Waals surface area contributed by atoms with E-state index in [2.05, 4.69) is 19.7 Å². The number of aryl methyl sites for hydroxylation is 2. The van der Waals surface area contributed by atoms with Crippen LogP contribution in [0.25, 0.3) is 0 Å². The minimum atomic E-state index is 0.0743. The average Bonchev–Trinajstić information content (AvgIpc) is 3.18. The van der Waals surface area contributed by atoms with Gasteiger partial charge >= 0.3 is 0 Å². The van der Waals surface area contributed by atoms with Gasteiger partial charge in [-0.1, -0.05) is 12.5 Å². The summed E-state index contributed by atoms with van der Waals surface area (Å²) >= 11 is 0. The summed E-state index contributed by atoms with van der Waals surface area (Å²) in [6, 6.07) is 4.03. The molecule has 1 atom stereocenters. The van der Waals surface area contributed by atoms with Gasteiger partial charge in [0.2, 0.25) is 5.91 Å². The van der Waals surface area contributed by atoms with Gasteiger partial charge < -0.3 is 9.47 Å². The molecule has 6 heteroatoms. The van der Waals surface area contributed by atoms with Crippen LogP contribution in [-0.4, -0.2) is 37.1 Å². The largest absolute Gasteiger partial charge is 0.332 e. The standard InChI is InChI=1S/C19H25N5O/c1-14-8-9-15(13-20-14)12-18(25)23-11-5-6-16(23)19-22-21-17-7-3-2-4-10-24(17)19/h8-9,13,16H,2-7,10-12H2,1H3. The summed E-state index contributed by atoms with van der Waals surface area (Å²) in [6.45, 7) is 3.75. The number of amides is 1. The van der Waals surface area contributed by atoms with E-state index in [1.54, 1.807) is 6.20 Å². The van der Waals surface area contributed by atoms with Gasteiger partial charge in [-0.15, -0.1) is 10.2 Å². The second kappa shape index (κ2) is 6.94. The molecule has 2 aromatic heterocycles. The van der Waals surface area contributed by atoms with E-state index in [-0.39, 0.29) is 11.9 Å². The van der Waals surface area contributed by atoms with Gasteiger partial charge in [0.25, 0.3) is 0 Å². The van der Waals surface area contributed by atoms with Gasteiger partial charge in [0.05, 0.1) is 12.5 Å². The minimum absolute atomic E-state index is 0.0743. The third-order valence-corrected chi connectivity index (χ3v) is 5.34. The summed E-state index contributed by atoms with van der Waals surface area (Å²) < 4.78 is 2.27. The third kappa shape index (κ3) is 3.30. The van der Waals surface area contributed by atoms with Gasteiger partial charge in [-0.25, -0.2) is 0 Å². The molecule has 0 radical (unpaired) electrons. The Morgan fingerprint density at radius 3 is 2.92 bits per heavy atom. The lowest BCUT2D eigenvalue weighted by molar-refractivity contribution is -0.131. The first-order valence-electron chi connectivity index (χ1n) is 9.35. The van der Waals surface area contributed by atoms with Crippen molar-refractivity contribution in [3.05, 3.63) is 41.2 Å². The Labute approximate surface area is 148 Å². The highest BCUT2D eigenvalue weighted by Crippen LogP contribution is 2.32. The quantitative estimate of drug-likeness (QED) is 0.862. The van der Waals surface area contributed by atoms with Crippen molar-refractivity contribution >= 4 is 5.91 Å². The molecule has 4 heterocycles. The highest BCUT2D eigenvalue weighted by Gasteiger charge is 2.34. The maximum Gasteiger partial charge on any atom is 0.227 e. The van der Waals surface area contributed by atoms with Crippen molar-refractivity contribution in [1.29, 1.82) is 0 Å². The topological polar surface area (TPSA) is 63.9 Å². The summed E-state index contributed by atoms with van der Waals surface area (Å²) in [7, 11) is 0. The molecular formula is C19H25N5O. The van der Waals surface area contributed by atoms with E-state index in [0.29, 0.717) is 6.42 Å². The summed E-state index contributed by atoms with van der Waals surface area (Å²) in [5.74, 6) is 2.25. The first-order chi connectivity index (χ1) is 12.2. The number of fused-ring (bicyclic) bond motifs is 1. The number of hydrogen-bond acceptors (Lipinski definition) is 4. The maximum absolute atomic E-state index is 12.9. The lowest BCUT2D eigenvalue weighted by atomic mass is 10.1. The fourth-order valence-electron chi connectivity index (χ4n) is 3.97. The van der Waals surface area contributed by atoms with E-state index in [9.17, 15) is 4.79 Å². The highest BCUT2D eigenvalue weighted by atomic mass is 16.2. The molecule has 25 heavy (non-hydrogen) atoms. The van der Waals surface area contributed by atoms with Crippen molar-refractivity contribution < 1.29 is 4.79 Å². The van der Waals surface area contributed by atoms with Gasteiger partial charge in [0.15, 0.2) is 5.82 Å². The molecule has 2 aliphatic heterocycles. The monoisotopic (exact) mass is 339 g/mol. The van der Waals surface area contributed by atoms with Gasteiger partial charge in [0, 0.05) is 31.4 Å². The molecule has 2 aromatic rings. The van der Waals surface area contributed by atoms with Crippen molar-refractivity contribution in [2.45, 2.75) is 64.5 Å². The number of carbonyl (C=O) groups is 1. The molecule has 1 saturated heterocycles. The predicted octanol–water partition coefficient (Wildman–Crippen LogP) is 2.61. The second-order valence-corrected chi connectivity index (χ2v) is 7.17. The Balaban J connectivity index is 1.53. The van der Waals surface area contributed by atoms with Crippen LogP contribution in [0.5, 0.6) is 0 Å². The number of rotatable bonds is 3. The molecule has 0 aromatic carbocycles. The van der Waals surface area contributed by atoms with E-state index in [0.717, 1.165) is 55.3 Å². The zero-order valence-corrected chi connectivity index (χ0v) is 14.8. The first-order valence-corrected chi connectivity index (χ1v) is 9.35. The van der Waals surface area contributed by atoms with Crippen LogP contribution in [0.2, 0.25) is 0 Å². The van der Waals surface area contributed by atoms with Crippen LogP contribution in [0.15, 0.2) is 18.3 Å². The normalized spacial score (nSPS) is 20.4. The molecule has 1 amide bonds. The van der Waals surface area contributed by atoms with E-state index in [1.807, 2.05) is 24.0 Å². The van der Waals surface area contributed by atoms with Crippen LogP contribution in [-0.2, 0) is 24.2 Å². The summed E-state index contributed by atoms with van der Waals surface area (Å²) in [6.07, 6.45) is 8.84. The number of aromatic nitrogens is 4. The molecule has 132 valence electrons. The molecule has 4 rings (SSSR count). The SMILES string of the molecule is Cc1ccc(CC(=O)N2CCCC2c2nnc3n2CCCCC3)cn1. The number of nitrogens with zero attached hydrogens (tertiary/aromatic N) is 5. The van der Waals surface area contributed by atoms with Crippen LogP contribution in [0.1, 0.15) is 61.1 Å². The Hall–Kier alpha value is -2.24. The van der Waals surface area contributed by atoms with Crippen molar-refractivity contribution in [2.75, 3.05) is 6.54 Å². The second-order valence-electron chi connectivity index (χ2n) is 7.17. The van der Waals surface area contributed by atoms with Gasteiger partial charge in [-0.05, 0) is 44.2 Å². The third-order valence-electron chi connectivity index (χ3n) is 5.34. The minimum Gasteiger partial charge on any atom is -0.332 e. The van der Waals surface area contributed by atoms with Crippen molar-refractivity contribution in [3.63, 3.8) is 0 Å². The number of pyridine rings is 1. The van der Waals surface area contributed by atoms with Gasteiger partial charge in [0.1, 0.15) is 5.82 Å². The van der Waals surface area contributed by atoms with Crippen LogP contribution in [0.3, 0.4) is 0 Å². The molecule has 0 N–H and O–H groups in total.